The first-order chi connectivity index (χ1) is 14.5. The summed E-state index contributed by atoms with van der Waals surface area (Å²) in [6, 6.07) is 6.32. The van der Waals surface area contributed by atoms with Crippen LogP contribution in [0.1, 0.15) is 59.6 Å². The summed E-state index contributed by atoms with van der Waals surface area (Å²) in [6.07, 6.45) is 0.444. The van der Waals surface area contributed by atoms with Crippen LogP contribution in [0, 0.1) is 5.92 Å². The van der Waals surface area contributed by atoms with Gasteiger partial charge in [-0.15, -0.1) is 0 Å². The zero-order chi connectivity index (χ0) is 22.9. The molecule has 0 amide bonds. The van der Waals surface area contributed by atoms with E-state index >= 15 is 0 Å². The number of hydrogen-bond donors (Lipinski definition) is 0. The topological polar surface area (TPSA) is 92.0 Å². The number of fused-ring (bicyclic) bond motifs is 2. The first-order valence-corrected chi connectivity index (χ1v) is 10.3. The van der Waals surface area contributed by atoms with Crippen molar-refractivity contribution in [3.8, 4) is 5.75 Å². The molecule has 0 bridgehead atoms. The predicted molar refractivity (Wildman–Crippen MR) is 115 cm³/mol. The van der Waals surface area contributed by atoms with Crippen molar-refractivity contribution >= 4 is 22.9 Å². The summed E-state index contributed by atoms with van der Waals surface area (Å²) in [4.78, 5) is 36.5. The molecular formula is C24H28O7. The van der Waals surface area contributed by atoms with E-state index in [0.717, 1.165) is 5.57 Å². The standard InChI is InChI=1S/C24H28O7/c1-7-14(4)23(27)31-24(5,6)22-21(30-20(26)10-13(2)3)16-11-15-8-9-19(25)28-17(15)12-18(16)29-22/h8-12,14,21-22H,7H2,1-6H3/t14-,21-,22-/m1/s1. The minimum atomic E-state index is -1.09. The molecule has 7 nitrogen and oxygen atoms in total. The van der Waals surface area contributed by atoms with Crippen molar-refractivity contribution < 1.29 is 28.2 Å². The van der Waals surface area contributed by atoms with Crippen LogP contribution in [-0.4, -0.2) is 23.6 Å². The SMILES string of the molecule is CC[C@@H](C)C(=O)OC(C)(C)[C@@H]1Oc2cc3oc(=O)ccc3cc2[C@H]1OC(=O)C=C(C)C. The molecule has 2 aromatic rings. The van der Waals surface area contributed by atoms with Crippen LogP contribution in [0.15, 0.2) is 45.1 Å². The van der Waals surface area contributed by atoms with Crippen LogP contribution < -0.4 is 10.4 Å². The number of ether oxygens (including phenoxy) is 3. The monoisotopic (exact) mass is 428 g/mol. The molecule has 0 spiro atoms. The van der Waals surface area contributed by atoms with Gasteiger partial charge in [0, 0.05) is 29.2 Å². The van der Waals surface area contributed by atoms with E-state index < -0.39 is 29.4 Å². The third kappa shape index (κ3) is 4.81. The van der Waals surface area contributed by atoms with Gasteiger partial charge in [-0.25, -0.2) is 9.59 Å². The highest BCUT2D eigenvalue weighted by Crippen LogP contribution is 2.45. The summed E-state index contributed by atoms with van der Waals surface area (Å²) >= 11 is 0. The molecule has 0 aliphatic carbocycles. The fourth-order valence-corrected chi connectivity index (χ4v) is 3.41. The molecule has 2 heterocycles. The van der Waals surface area contributed by atoms with E-state index in [0.29, 0.717) is 28.7 Å². The van der Waals surface area contributed by atoms with Gasteiger partial charge in [0.15, 0.2) is 12.2 Å². The van der Waals surface area contributed by atoms with Gasteiger partial charge >= 0.3 is 17.6 Å². The minimum Gasteiger partial charge on any atom is -0.481 e. The second-order valence-corrected chi connectivity index (χ2v) is 8.63. The summed E-state index contributed by atoms with van der Waals surface area (Å²) in [6.45, 7) is 10.8. The number of rotatable bonds is 6. The Hall–Kier alpha value is -3.09. The maximum atomic E-state index is 12.5. The smallest absolute Gasteiger partial charge is 0.336 e. The molecule has 166 valence electrons. The summed E-state index contributed by atoms with van der Waals surface area (Å²) in [5.74, 6) is -0.728. The zero-order valence-corrected chi connectivity index (χ0v) is 18.7. The highest BCUT2D eigenvalue weighted by molar-refractivity contribution is 5.84. The molecule has 1 aromatic heterocycles. The first-order valence-electron chi connectivity index (χ1n) is 10.3. The quantitative estimate of drug-likeness (QED) is 0.381. The Balaban J connectivity index is 2.03. The van der Waals surface area contributed by atoms with Gasteiger partial charge in [0.05, 0.1) is 5.92 Å². The van der Waals surface area contributed by atoms with Crippen molar-refractivity contribution in [2.24, 2.45) is 5.92 Å². The van der Waals surface area contributed by atoms with Gasteiger partial charge in [0.2, 0.25) is 0 Å². The van der Waals surface area contributed by atoms with Gasteiger partial charge in [-0.2, -0.15) is 0 Å². The molecule has 3 atom stereocenters. The molecule has 0 radical (unpaired) electrons. The number of carbonyl (C=O) groups is 2. The summed E-state index contributed by atoms with van der Waals surface area (Å²) in [5, 5.41) is 0.667. The van der Waals surface area contributed by atoms with Crippen molar-refractivity contribution in [3.63, 3.8) is 0 Å². The van der Waals surface area contributed by atoms with E-state index in [2.05, 4.69) is 0 Å². The summed E-state index contributed by atoms with van der Waals surface area (Å²) < 4.78 is 22.9. The zero-order valence-electron chi connectivity index (χ0n) is 18.7. The highest BCUT2D eigenvalue weighted by Gasteiger charge is 2.49. The molecule has 1 aromatic carbocycles. The normalized spacial score (nSPS) is 18.6. The lowest BCUT2D eigenvalue weighted by Crippen LogP contribution is -2.47. The maximum absolute atomic E-state index is 12.5. The molecular weight excluding hydrogens is 400 g/mol. The number of esters is 2. The van der Waals surface area contributed by atoms with Crippen LogP contribution >= 0.6 is 0 Å². The van der Waals surface area contributed by atoms with Gasteiger partial charge in [-0.05, 0) is 46.2 Å². The molecule has 0 unspecified atom stereocenters. The van der Waals surface area contributed by atoms with E-state index in [1.165, 1.54) is 12.1 Å². The molecule has 0 saturated heterocycles. The maximum Gasteiger partial charge on any atom is 0.336 e. The van der Waals surface area contributed by atoms with E-state index in [1.807, 2.05) is 6.92 Å². The average molecular weight is 428 g/mol. The van der Waals surface area contributed by atoms with Crippen molar-refractivity contribution in [2.75, 3.05) is 0 Å². The molecule has 1 aliphatic rings. The molecule has 7 heteroatoms. The second kappa shape index (κ2) is 8.57. The van der Waals surface area contributed by atoms with E-state index in [-0.39, 0.29) is 11.9 Å². The van der Waals surface area contributed by atoms with Crippen molar-refractivity contribution in [3.05, 3.63) is 51.9 Å². The Morgan fingerprint density at radius 1 is 1.23 bits per heavy atom. The predicted octanol–water partition coefficient (Wildman–Crippen LogP) is 4.47. The van der Waals surface area contributed by atoms with Crippen LogP contribution in [0.5, 0.6) is 5.75 Å². The van der Waals surface area contributed by atoms with Crippen LogP contribution in [0.3, 0.4) is 0 Å². The fourth-order valence-electron chi connectivity index (χ4n) is 3.41. The Bertz CT molecular complexity index is 1090. The molecule has 0 N–H and O–H groups in total. The van der Waals surface area contributed by atoms with Gasteiger partial charge in [0.1, 0.15) is 16.9 Å². The molecule has 0 fully saturated rings. The van der Waals surface area contributed by atoms with E-state index in [1.54, 1.807) is 52.8 Å². The van der Waals surface area contributed by atoms with Crippen LogP contribution in [0.2, 0.25) is 0 Å². The van der Waals surface area contributed by atoms with Crippen molar-refractivity contribution in [1.82, 2.24) is 0 Å². The van der Waals surface area contributed by atoms with Crippen molar-refractivity contribution in [1.29, 1.82) is 0 Å². The van der Waals surface area contributed by atoms with E-state index in [9.17, 15) is 14.4 Å². The molecule has 0 saturated carbocycles. The third-order valence-corrected chi connectivity index (χ3v) is 5.30. The van der Waals surface area contributed by atoms with Crippen molar-refractivity contribution in [2.45, 2.75) is 65.8 Å². The fraction of sp³-hybridized carbons (Fsp3) is 0.458. The third-order valence-electron chi connectivity index (χ3n) is 5.30. The second-order valence-electron chi connectivity index (χ2n) is 8.63. The van der Waals surface area contributed by atoms with Gasteiger partial charge in [-0.1, -0.05) is 19.4 Å². The number of hydrogen-bond acceptors (Lipinski definition) is 7. The van der Waals surface area contributed by atoms with Gasteiger partial charge in [-0.3, -0.25) is 4.79 Å². The highest BCUT2D eigenvalue weighted by atomic mass is 16.6. The Morgan fingerprint density at radius 2 is 1.94 bits per heavy atom. The Labute approximate surface area is 181 Å². The lowest BCUT2D eigenvalue weighted by molar-refractivity contribution is -0.179. The number of carbonyl (C=O) groups excluding carboxylic acids is 2. The summed E-state index contributed by atoms with van der Waals surface area (Å²) in [7, 11) is 0. The van der Waals surface area contributed by atoms with Crippen LogP contribution in [0.25, 0.3) is 11.0 Å². The average Bonchev–Trinajstić information content (AvgIpc) is 3.02. The van der Waals surface area contributed by atoms with Crippen LogP contribution in [-0.2, 0) is 19.1 Å². The Morgan fingerprint density at radius 3 is 2.58 bits per heavy atom. The van der Waals surface area contributed by atoms with Crippen LogP contribution in [0.4, 0.5) is 0 Å². The molecule has 31 heavy (non-hydrogen) atoms. The Kier molecular flexibility index (Phi) is 6.25. The first kappa shape index (κ1) is 22.6. The number of allylic oxidation sites excluding steroid dienone is 1. The lowest BCUT2D eigenvalue weighted by Gasteiger charge is -2.34. The van der Waals surface area contributed by atoms with Gasteiger partial charge < -0.3 is 18.6 Å². The molecule has 3 rings (SSSR count). The summed E-state index contributed by atoms with van der Waals surface area (Å²) in [5.41, 5.74) is 0.202. The minimum absolute atomic E-state index is 0.272. The molecule has 1 aliphatic heterocycles. The van der Waals surface area contributed by atoms with E-state index in [4.69, 9.17) is 18.6 Å². The lowest BCUT2D eigenvalue weighted by atomic mass is 9.93. The van der Waals surface area contributed by atoms with Gasteiger partial charge in [0.25, 0.3) is 0 Å². The largest absolute Gasteiger partial charge is 0.481 e. The number of benzene rings is 1.